The minimum absolute atomic E-state index is 0.111. The van der Waals surface area contributed by atoms with E-state index in [0.717, 1.165) is 38.1 Å². The minimum atomic E-state index is -0.111. The van der Waals surface area contributed by atoms with Gasteiger partial charge in [0.2, 0.25) is 0 Å². The zero-order valence-corrected chi connectivity index (χ0v) is 16.4. The van der Waals surface area contributed by atoms with Gasteiger partial charge in [0.1, 0.15) is 17.1 Å². The van der Waals surface area contributed by atoms with Crippen molar-refractivity contribution in [3.05, 3.63) is 53.6 Å². The predicted octanol–water partition coefficient (Wildman–Crippen LogP) is 4.78. The van der Waals surface area contributed by atoms with E-state index in [4.69, 9.17) is 4.74 Å². The van der Waals surface area contributed by atoms with Crippen LogP contribution in [0.4, 0.5) is 5.69 Å². The maximum Gasteiger partial charge on any atom is 0.126 e. The molecular weight excluding hydrogens is 348 g/mol. The Labute approximate surface area is 167 Å². The molecular formula is C24H30N2O2. The lowest BCUT2D eigenvalue weighted by Crippen LogP contribution is -2.49. The van der Waals surface area contributed by atoms with Crippen LogP contribution in [0.15, 0.2) is 42.5 Å². The Kier molecular flexibility index (Phi) is 4.67. The van der Waals surface area contributed by atoms with Gasteiger partial charge in [0.05, 0.1) is 0 Å². The predicted molar refractivity (Wildman–Crippen MR) is 112 cm³/mol. The summed E-state index contributed by atoms with van der Waals surface area (Å²) in [7, 11) is 0. The number of piperidine rings is 1. The van der Waals surface area contributed by atoms with Crippen molar-refractivity contribution in [1.29, 1.82) is 0 Å². The summed E-state index contributed by atoms with van der Waals surface area (Å²) >= 11 is 0. The van der Waals surface area contributed by atoms with E-state index in [9.17, 15) is 5.11 Å². The molecule has 28 heavy (non-hydrogen) atoms. The lowest BCUT2D eigenvalue weighted by atomic mass is 9.75. The monoisotopic (exact) mass is 378 g/mol. The average molecular weight is 379 g/mol. The van der Waals surface area contributed by atoms with Crippen LogP contribution in [0.1, 0.15) is 62.0 Å². The van der Waals surface area contributed by atoms with Crippen LogP contribution in [-0.4, -0.2) is 29.8 Å². The molecule has 0 radical (unpaired) electrons. The van der Waals surface area contributed by atoms with Crippen LogP contribution in [0.2, 0.25) is 0 Å². The molecule has 2 aliphatic heterocycles. The van der Waals surface area contributed by atoms with Gasteiger partial charge in [-0.15, -0.1) is 0 Å². The third-order valence-corrected chi connectivity index (χ3v) is 6.80. The van der Waals surface area contributed by atoms with Crippen LogP contribution in [0.3, 0.4) is 0 Å². The Morgan fingerprint density at radius 1 is 1.04 bits per heavy atom. The van der Waals surface area contributed by atoms with E-state index in [0.29, 0.717) is 11.8 Å². The standard InChI is InChI=1S/C24H30N2O2/c27-20-7-3-4-17(14-20)22-16-24(10-12-25-13-11-24)28-23-15-19(8-9-21(22)23)26-18-5-1-2-6-18/h3-4,7-9,14-15,18,22,25-27H,1-2,5-6,10-13,16H2. The largest absolute Gasteiger partial charge is 0.508 e. The van der Waals surface area contributed by atoms with Crippen molar-refractivity contribution in [1.82, 2.24) is 5.32 Å². The second-order valence-corrected chi connectivity index (χ2v) is 8.77. The normalized spacial score (nSPS) is 23.9. The Morgan fingerprint density at radius 3 is 2.64 bits per heavy atom. The molecule has 0 bridgehead atoms. The first-order chi connectivity index (χ1) is 13.7. The number of ether oxygens (including phenoxy) is 1. The number of phenols is 1. The van der Waals surface area contributed by atoms with Crippen molar-refractivity contribution in [2.75, 3.05) is 18.4 Å². The van der Waals surface area contributed by atoms with Crippen LogP contribution >= 0.6 is 0 Å². The molecule has 1 unspecified atom stereocenters. The van der Waals surface area contributed by atoms with E-state index < -0.39 is 0 Å². The van der Waals surface area contributed by atoms with E-state index in [1.54, 1.807) is 6.07 Å². The Bertz CT molecular complexity index is 838. The molecule has 148 valence electrons. The third-order valence-electron chi connectivity index (χ3n) is 6.80. The summed E-state index contributed by atoms with van der Waals surface area (Å²) in [4.78, 5) is 0. The summed E-state index contributed by atoms with van der Waals surface area (Å²) in [5, 5.41) is 17.2. The van der Waals surface area contributed by atoms with Gasteiger partial charge >= 0.3 is 0 Å². The Balaban J connectivity index is 1.51. The van der Waals surface area contributed by atoms with E-state index in [1.165, 1.54) is 42.5 Å². The van der Waals surface area contributed by atoms with Crippen molar-refractivity contribution in [3.63, 3.8) is 0 Å². The number of nitrogens with one attached hydrogen (secondary N) is 2. The maximum absolute atomic E-state index is 10.0. The molecule has 3 aliphatic rings. The smallest absolute Gasteiger partial charge is 0.126 e. The highest BCUT2D eigenvalue weighted by Gasteiger charge is 2.42. The Hall–Kier alpha value is -2.20. The number of anilines is 1. The zero-order chi connectivity index (χ0) is 19.0. The van der Waals surface area contributed by atoms with Crippen LogP contribution in [-0.2, 0) is 0 Å². The van der Waals surface area contributed by atoms with Crippen molar-refractivity contribution >= 4 is 5.69 Å². The molecule has 4 heteroatoms. The summed E-state index contributed by atoms with van der Waals surface area (Å²) in [6.45, 7) is 2.00. The summed E-state index contributed by atoms with van der Waals surface area (Å²) in [5.74, 6) is 1.61. The number of fused-ring (bicyclic) bond motifs is 1. The highest BCUT2D eigenvalue weighted by atomic mass is 16.5. The van der Waals surface area contributed by atoms with Gasteiger partial charge in [0.15, 0.2) is 0 Å². The topological polar surface area (TPSA) is 53.5 Å². The fraction of sp³-hybridized carbons (Fsp3) is 0.500. The first-order valence-corrected chi connectivity index (χ1v) is 10.8. The van der Waals surface area contributed by atoms with Crippen molar-refractivity contribution in [2.24, 2.45) is 0 Å². The molecule has 0 amide bonds. The number of hydrogen-bond acceptors (Lipinski definition) is 4. The summed E-state index contributed by atoms with van der Waals surface area (Å²) in [6.07, 6.45) is 8.22. The molecule has 5 rings (SSSR count). The molecule has 1 saturated carbocycles. The molecule has 1 spiro atoms. The summed E-state index contributed by atoms with van der Waals surface area (Å²) < 4.78 is 6.71. The third kappa shape index (κ3) is 3.46. The molecule has 1 aliphatic carbocycles. The van der Waals surface area contributed by atoms with Crippen molar-refractivity contribution < 1.29 is 9.84 Å². The summed E-state index contributed by atoms with van der Waals surface area (Å²) in [6, 6.07) is 15.0. The summed E-state index contributed by atoms with van der Waals surface area (Å²) in [5.41, 5.74) is 3.48. The number of benzene rings is 2. The molecule has 2 fully saturated rings. The minimum Gasteiger partial charge on any atom is -0.508 e. The molecule has 2 aromatic rings. The average Bonchev–Trinajstić information content (AvgIpc) is 3.21. The molecule has 2 aromatic carbocycles. The SMILES string of the molecule is Oc1cccc(C2CC3(CCNCC3)Oc3cc(NC4CCCC4)ccc32)c1. The van der Waals surface area contributed by atoms with Crippen LogP contribution < -0.4 is 15.4 Å². The maximum atomic E-state index is 10.0. The lowest BCUT2D eigenvalue weighted by molar-refractivity contribution is 0.0114. The van der Waals surface area contributed by atoms with Crippen LogP contribution in [0.5, 0.6) is 11.5 Å². The molecule has 1 atom stereocenters. The van der Waals surface area contributed by atoms with Gasteiger partial charge in [-0.05, 0) is 69.0 Å². The van der Waals surface area contributed by atoms with E-state index in [2.05, 4.69) is 34.9 Å². The molecule has 3 N–H and O–H groups in total. The quantitative estimate of drug-likeness (QED) is 0.719. The van der Waals surface area contributed by atoms with Gasteiger partial charge < -0.3 is 20.5 Å². The van der Waals surface area contributed by atoms with Gasteiger partial charge in [-0.3, -0.25) is 0 Å². The van der Waals surface area contributed by atoms with Gasteiger partial charge in [-0.1, -0.05) is 31.0 Å². The lowest BCUT2D eigenvalue weighted by Gasteiger charge is -2.45. The van der Waals surface area contributed by atoms with E-state index in [-0.39, 0.29) is 11.5 Å². The molecule has 1 saturated heterocycles. The van der Waals surface area contributed by atoms with Crippen molar-refractivity contribution in [3.8, 4) is 11.5 Å². The highest BCUT2D eigenvalue weighted by molar-refractivity contribution is 5.56. The van der Waals surface area contributed by atoms with Crippen LogP contribution in [0.25, 0.3) is 0 Å². The second-order valence-electron chi connectivity index (χ2n) is 8.77. The number of hydrogen-bond donors (Lipinski definition) is 3. The van der Waals surface area contributed by atoms with E-state index >= 15 is 0 Å². The number of phenolic OH excluding ortho intramolecular Hbond substituents is 1. The van der Waals surface area contributed by atoms with Crippen molar-refractivity contribution in [2.45, 2.75) is 62.5 Å². The van der Waals surface area contributed by atoms with Gasteiger partial charge in [-0.25, -0.2) is 0 Å². The van der Waals surface area contributed by atoms with Gasteiger partial charge in [0, 0.05) is 29.3 Å². The fourth-order valence-corrected chi connectivity index (χ4v) is 5.29. The van der Waals surface area contributed by atoms with Crippen LogP contribution in [0, 0.1) is 0 Å². The zero-order valence-electron chi connectivity index (χ0n) is 16.4. The molecule has 2 heterocycles. The molecule has 0 aromatic heterocycles. The number of rotatable bonds is 3. The first-order valence-electron chi connectivity index (χ1n) is 10.8. The van der Waals surface area contributed by atoms with E-state index in [1.807, 2.05) is 12.1 Å². The first kappa shape index (κ1) is 17.9. The highest BCUT2D eigenvalue weighted by Crippen LogP contribution is 2.48. The van der Waals surface area contributed by atoms with Gasteiger partial charge in [-0.2, -0.15) is 0 Å². The van der Waals surface area contributed by atoms with Gasteiger partial charge in [0.25, 0.3) is 0 Å². The number of aromatic hydroxyl groups is 1. The Morgan fingerprint density at radius 2 is 1.86 bits per heavy atom. The fourth-order valence-electron chi connectivity index (χ4n) is 5.29. The second kappa shape index (κ2) is 7.32. The molecule has 4 nitrogen and oxygen atoms in total.